The molecule has 0 fully saturated rings. The molecular weight excluding hydrogens is 419 g/mol. The predicted octanol–water partition coefficient (Wildman–Crippen LogP) is 5.53. The summed E-state index contributed by atoms with van der Waals surface area (Å²) in [4.78, 5) is 1.94. The molecule has 4 nitrogen and oxygen atoms in total. The summed E-state index contributed by atoms with van der Waals surface area (Å²) in [7, 11) is 3.78. The molecule has 0 saturated heterocycles. The van der Waals surface area contributed by atoms with Crippen molar-refractivity contribution in [1.29, 1.82) is 0 Å². The minimum Gasteiger partial charge on any atom is -0.487 e. The number of hydrogen-bond donors (Lipinski definition) is 1. The first-order valence-corrected chi connectivity index (χ1v) is 10.8. The zero-order valence-corrected chi connectivity index (χ0v) is 19.2. The zero-order chi connectivity index (χ0) is 23.6. The number of aliphatic hydroxyl groups is 1. The molecule has 0 bridgehead atoms. The van der Waals surface area contributed by atoms with Gasteiger partial charge in [0.2, 0.25) is 0 Å². The number of fused-ring (bicyclic) bond motifs is 2. The molecule has 2 aromatic rings. The minimum absolute atomic E-state index is 0.281. The highest BCUT2D eigenvalue weighted by molar-refractivity contribution is 5.55. The smallest absolute Gasteiger partial charge is 0.416 e. The molecule has 1 N–H and O–H groups in total. The van der Waals surface area contributed by atoms with Crippen LogP contribution >= 0.6 is 0 Å². The highest BCUT2D eigenvalue weighted by Gasteiger charge is 2.46. The second-order valence-electron chi connectivity index (χ2n) is 10.2. The van der Waals surface area contributed by atoms with Crippen LogP contribution in [0.2, 0.25) is 0 Å². The molecule has 2 heterocycles. The standard InChI is InChI=1S/C25H30F3NO3/c1-23(2)13-18(14-8-7-9-15(10-14)25(26,27)28)16-11-17-20(12-19(16)31-23)32-24(3,4)22(30)21(17)29(5)6/h7-12,18,21-22,30H,13H2,1-6H3/t18-,21-,22+/m1/s1. The first kappa shape index (κ1) is 22.9. The fourth-order valence-electron chi connectivity index (χ4n) is 4.90. The zero-order valence-electron chi connectivity index (χ0n) is 19.2. The second-order valence-corrected chi connectivity index (χ2v) is 10.2. The Balaban J connectivity index is 1.89. The molecule has 0 amide bonds. The third-order valence-corrected chi connectivity index (χ3v) is 6.48. The van der Waals surface area contributed by atoms with Gasteiger partial charge in [-0.1, -0.05) is 18.2 Å². The summed E-state index contributed by atoms with van der Waals surface area (Å²) in [6.45, 7) is 7.56. The van der Waals surface area contributed by atoms with Gasteiger partial charge in [0.15, 0.2) is 0 Å². The number of benzene rings is 2. The molecule has 7 heteroatoms. The van der Waals surface area contributed by atoms with E-state index in [-0.39, 0.29) is 12.0 Å². The van der Waals surface area contributed by atoms with Crippen molar-refractivity contribution in [2.75, 3.05) is 14.1 Å². The molecule has 0 spiro atoms. The summed E-state index contributed by atoms with van der Waals surface area (Å²) in [6, 6.07) is 8.96. The average molecular weight is 450 g/mol. The number of aliphatic hydroxyl groups excluding tert-OH is 1. The van der Waals surface area contributed by atoms with Gasteiger partial charge in [0.05, 0.1) is 11.6 Å². The van der Waals surface area contributed by atoms with Crippen LogP contribution in [0.15, 0.2) is 36.4 Å². The minimum atomic E-state index is -4.41. The van der Waals surface area contributed by atoms with Crippen molar-refractivity contribution in [3.05, 3.63) is 58.7 Å². The number of halogens is 3. The Morgan fingerprint density at radius 3 is 2.25 bits per heavy atom. The maximum Gasteiger partial charge on any atom is 0.416 e. The van der Waals surface area contributed by atoms with Crippen molar-refractivity contribution in [3.8, 4) is 11.5 Å². The third-order valence-electron chi connectivity index (χ3n) is 6.48. The molecule has 2 aliphatic heterocycles. The van der Waals surface area contributed by atoms with Crippen LogP contribution < -0.4 is 9.47 Å². The van der Waals surface area contributed by atoms with Gasteiger partial charge in [-0.2, -0.15) is 13.2 Å². The van der Waals surface area contributed by atoms with Gasteiger partial charge < -0.3 is 14.6 Å². The van der Waals surface area contributed by atoms with Crippen molar-refractivity contribution in [1.82, 2.24) is 4.90 Å². The van der Waals surface area contributed by atoms with Crippen LogP contribution in [0.3, 0.4) is 0 Å². The van der Waals surface area contributed by atoms with E-state index >= 15 is 0 Å². The monoisotopic (exact) mass is 449 g/mol. The van der Waals surface area contributed by atoms with Crippen LogP contribution in [0.1, 0.15) is 68.3 Å². The van der Waals surface area contributed by atoms with Crippen molar-refractivity contribution < 1.29 is 27.8 Å². The lowest BCUT2D eigenvalue weighted by atomic mass is 9.77. The summed E-state index contributed by atoms with van der Waals surface area (Å²) >= 11 is 0. The molecule has 4 rings (SSSR count). The maximum atomic E-state index is 13.4. The van der Waals surface area contributed by atoms with Crippen LogP contribution in [0, 0.1) is 0 Å². The van der Waals surface area contributed by atoms with Crippen LogP contribution in [0.25, 0.3) is 0 Å². The molecule has 0 unspecified atom stereocenters. The van der Waals surface area contributed by atoms with E-state index in [1.165, 1.54) is 12.1 Å². The van der Waals surface area contributed by atoms with Crippen LogP contribution in [-0.4, -0.2) is 41.4 Å². The molecule has 0 saturated carbocycles. The van der Waals surface area contributed by atoms with Gasteiger partial charge in [0.25, 0.3) is 0 Å². The Morgan fingerprint density at radius 2 is 1.62 bits per heavy atom. The Hall–Kier alpha value is -2.25. The lowest BCUT2D eigenvalue weighted by Crippen LogP contribution is -2.52. The average Bonchev–Trinajstić information content (AvgIpc) is 2.65. The fourth-order valence-corrected chi connectivity index (χ4v) is 4.90. The largest absolute Gasteiger partial charge is 0.487 e. The molecule has 0 aromatic heterocycles. The normalized spacial score (nSPS) is 26.0. The van der Waals surface area contributed by atoms with Crippen LogP contribution in [0.5, 0.6) is 11.5 Å². The van der Waals surface area contributed by atoms with E-state index in [0.717, 1.165) is 17.2 Å². The van der Waals surface area contributed by atoms with E-state index in [1.807, 2.05) is 58.8 Å². The van der Waals surface area contributed by atoms with Gasteiger partial charge in [-0.15, -0.1) is 0 Å². The first-order valence-electron chi connectivity index (χ1n) is 10.8. The fraction of sp³-hybridized carbons (Fsp3) is 0.520. The predicted molar refractivity (Wildman–Crippen MR) is 116 cm³/mol. The molecule has 174 valence electrons. The maximum absolute atomic E-state index is 13.4. The van der Waals surface area contributed by atoms with E-state index < -0.39 is 29.0 Å². The lowest BCUT2D eigenvalue weighted by Gasteiger charge is -2.46. The van der Waals surface area contributed by atoms with E-state index in [4.69, 9.17) is 9.47 Å². The Kier molecular flexibility index (Phi) is 5.29. The summed E-state index contributed by atoms with van der Waals surface area (Å²) in [5.41, 5.74) is 0.179. The third kappa shape index (κ3) is 3.97. The number of likely N-dealkylation sites (N-methyl/N-ethyl adjacent to an activating group) is 1. The van der Waals surface area contributed by atoms with E-state index in [0.29, 0.717) is 23.5 Å². The Bertz CT molecular complexity index is 1030. The Morgan fingerprint density at radius 1 is 0.969 bits per heavy atom. The molecule has 2 aliphatic rings. The van der Waals surface area contributed by atoms with Gasteiger partial charge in [-0.05, 0) is 65.9 Å². The van der Waals surface area contributed by atoms with E-state index in [1.54, 1.807) is 6.07 Å². The summed E-state index contributed by atoms with van der Waals surface area (Å²) in [5.74, 6) is 0.946. The molecule has 0 radical (unpaired) electrons. The second kappa shape index (κ2) is 7.39. The van der Waals surface area contributed by atoms with E-state index in [9.17, 15) is 18.3 Å². The Labute approximate surface area is 186 Å². The summed E-state index contributed by atoms with van der Waals surface area (Å²) < 4.78 is 52.6. The quantitative estimate of drug-likeness (QED) is 0.654. The summed E-state index contributed by atoms with van der Waals surface area (Å²) in [6.07, 6.45) is -4.66. The van der Waals surface area contributed by atoms with E-state index in [2.05, 4.69) is 0 Å². The first-order chi connectivity index (χ1) is 14.7. The lowest BCUT2D eigenvalue weighted by molar-refractivity contribution is -0.137. The van der Waals surface area contributed by atoms with Crippen molar-refractivity contribution in [3.63, 3.8) is 0 Å². The summed E-state index contributed by atoms with van der Waals surface area (Å²) in [5, 5.41) is 11.0. The van der Waals surface area contributed by atoms with Gasteiger partial charge in [0.1, 0.15) is 28.8 Å². The number of ether oxygens (including phenoxy) is 2. The molecule has 3 atom stereocenters. The number of rotatable bonds is 2. The topological polar surface area (TPSA) is 41.9 Å². The van der Waals surface area contributed by atoms with Crippen molar-refractivity contribution in [2.24, 2.45) is 0 Å². The van der Waals surface area contributed by atoms with Gasteiger partial charge in [-0.25, -0.2) is 0 Å². The molecule has 0 aliphatic carbocycles. The van der Waals surface area contributed by atoms with Crippen LogP contribution in [-0.2, 0) is 6.18 Å². The molecular formula is C25H30F3NO3. The van der Waals surface area contributed by atoms with Crippen LogP contribution in [0.4, 0.5) is 13.2 Å². The number of alkyl halides is 3. The van der Waals surface area contributed by atoms with Gasteiger partial charge in [0, 0.05) is 23.1 Å². The number of nitrogens with zero attached hydrogens (tertiary/aromatic N) is 1. The molecule has 32 heavy (non-hydrogen) atoms. The highest BCUT2D eigenvalue weighted by Crippen LogP contribution is 2.51. The van der Waals surface area contributed by atoms with Crippen molar-refractivity contribution in [2.45, 2.75) is 69.6 Å². The van der Waals surface area contributed by atoms with Crippen molar-refractivity contribution >= 4 is 0 Å². The SMILES string of the molecule is CN(C)[C@@H]1c2cc3c(cc2OC(C)(C)[C@H]1O)OC(C)(C)C[C@@H]3c1cccc(C(F)(F)F)c1. The molecule has 2 aromatic carbocycles. The van der Waals surface area contributed by atoms with Gasteiger partial charge in [-0.3, -0.25) is 4.90 Å². The number of hydrogen-bond acceptors (Lipinski definition) is 4. The highest BCUT2D eigenvalue weighted by atomic mass is 19.4. The van der Waals surface area contributed by atoms with Gasteiger partial charge >= 0.3 is 6.18 Å².